The van der Waals surface area contributed by atoms with E-state index < -0.39 is 0 Å². The predicted molar refractivity (Wildman–Crippen MR) is 135 cm³/mol. The molecule has 2 aromatic heterocycles. The van der Waals surface area contributed by atoms with Gasteiger partial charge in [0, 0.05) is 37.3 Å². The summed E-state index contributed by atoms with van der Waals surface area (Å²) >= 11 is 1.70. The number of hydrogen-bond acceptors (Lipinski definition) is 7. The van der Waals surface area contributed by atoms with Crippen molar-refractivity contribution in [2.24, 2.45) is 0 Å². The van der Waals surface area contributed by atoms with Crippen molar-refractivity contribution in [1.29, 1.82) is 0 Å². The van der Waals surface area contributed by atoms with Gasteiger partial charge in [0.2, 0.25) is 5.91 Å². The van der Waals surface area contributed by atoms with Gasteiger partial charge in [0.1, 0.15) is 18.2 Å². The Labute approximate surface area is 202 Å². The summed E-state index contributed by atoms with van der Waals surface area (Å²) in [5.41, 5.74) is 3.89. The lowest BCUT2D eigenvalue weighted by Gasteiger charge is -2.33. The highest BCUT2D eigenvalue weighted by Crippen LogP contribution is 2.24. The van der Waals surface area contributed by atoms with E-state index in [1.54, 1.807) is 18.1 Å². The van der Waals surface area contributed by atoms with Crippen LogP contribution in [0.1, 0.15) is 11.1 Å². The number of aromatic nitrogens is 4. The molecule has 0 radical (unpaired) electrons. The molecule has 0 saturated carbocycles. The summed E-state index contributed by atoms with van der Waals surface area (Å²) in [7, 11) is 0. The van der Waals surface area contributed by atoms with Crippen LogP contribution < -0.4 is 15.5 Å². The van der Waals surface area contributed by atoms with Crippen LogP contribution in [-0.2, 0) is 11.3 Å². The van der Waals surface area contributed by atoms with Gasteiger partial charge >= 0.3 is 0 Å². The molecule has 1 fully saturated rings. The van der Waals surface area contributed by atoms with E-state index in [-0.39, 0.29) is 11.9 Å². The number of benzene rings is 2. The third kappa shape index (κ3) is 4.76. The first-order valence-corrected chi connectivity index (χ1v) is 12.5. The van der Waals surface area contributed by atoms with Gasteiger partial charge in [-0.25, -0.2) is 14.6 Å². The number of amides is 1. The minimum atomic E-state index is -0.323. The molecular weight excluding hydrogens is 446 g/mol. The topological polar surface area (TPSA) is 88.0 Å². The Morgan fingerprint density at radius 3 is 2.71 bits per heavy atom. The number of thioether (sulfide) groups is 1. The van der Waals surface area contributed by atoms with Gasteiger partial charge in [0.25, 0.3) is 0 Å². The van der Waals surface area contributed by atoms with Crippen molar-refractivity contribution in [2.75, 3.05) is 30.8 Å². The lowest BCUT2D eigenvalue weighted by molar-refractivity contribution is -0.123. The average Bonchev–Trinajstić information content (AvgIpc) is 3.32. The number of hydrogen-bond donors (Lipinski definition) is 2. The van der Waals surface area contributed by atoms with Gasteiger partial charge in [0.15, 0.2) is 5.65 Å². The summed E-state index contributed by atoms with van der Waals surface area (Å²) in [4.78, 5) is 25.2. The molecule has 1 atom stereocenters. The second-order valence-electron chi connectivity index (χ2n) is 8.36. The third-order valence-corrected chi connectivity index (χ3v) is 6.76. The van der Waals surface area contributed by atoms with Gasteiger partial charge in [-0.15, -0.1) is 16.9 Å². The Morgan fingerprint density at radius 2 is 1.94 bits per heavy atom. The zero-order valence-corrected chi connectivity index (χ0v) is 20.0. The molecule has 0 spiro atoms. The standard InChI is InChI=1S/C25H27N7OS/c1-17-3-7-19(8-4-17)32-14-21-23(30-32)28-16-29-24(21)31-12-11-26-22(15-31)25(33)27-13-18-5-9-20(34-2)10-6-18/h3-10,14,16,22,26H,11-13,15H2,1-2H3,(H,27,33)/t22-/m1/s1. The number of carbonyl (C=O) groups is 1. The van der Waals surface area contributed by atoms with Crippen molar-refractivity contribution in [3.8, 4) is 5.69 Å². The molecular formula is C25H27N7OS. The van der Waals surface area contributed by atoms with Gasteiger partial charge in [-0.1, -0.05) is 29.8 Å². The first-order valence-electron chi connectivity index (χ1n) is 11.3. The van der Waals surface area contributed by atoms with Crippen LogP contribution >= 0.6 is 11.8 Å². The molecule has 2 aromatic carbocycles. The second kappa shape index (κ2) is 9.82. The summed E-state index contributed by atoms with van der Waals surface area (Å²) in [5.74, 6) is 0.787. The number of rotatable bonds is 6. The Hall–Kier alpha value is -3.43. The monoisotopic (exact) mass is 473 g/mol. The summed E-state index contributed by atoms with van der Waals surface area (Å²) in [6.07, 6.45) is 5.56. The molecule has 1 saturated heterocycles. The summed E-state index contributed by atoms with van der Waals surface area (Å²) < 4.78 is 1.83. The van der Waals surface area contributed by atoms with Crippen LogP contribution in [0.3, 0.4) is 0 Å². The quantitative estimate of drug-likeness (QED) is 0.416. The fraction of sp³-hybridized carbons (Fsp3) is 0.280. The van der Waals surface area contributed by atoms with Crippen LogP contribution in [-0.4, -0.2) is 57.6 Å². The van der Waals surface area contributed by atoms with E-state index in [0.29, 0.717) is 25.3 Å². The Bertz CT molecular complexity index is 1290. The van der Waals surface area contributed by atoms with Crippen LogP contribution in [0.25, 0.3) is 16.7 Å². The molecule has 4 aromatic rings. The zero-order valence-electron chi connectivity index (χ0n) is 19.2. The number of anilines is 1. The molecule has 1 amide bonds. The largest absolute Gasteiger partial charge is 0.353 e. The van der Waals surface area contributed by atoms with Crippen molar-refractivity contribution >= 4 is 34.5 Å². The highest BCUT2D eigenvalue weighted by molar-refractivity contribution is 7.98. The van der Waals surface area contributed by atoms with Crippen molar-refractivity contribution < 1.29 is 4.79 Å². The number of carbonyl (C=O) groups excluding carboxylic acids is 1. The third-order valence-electron chi connectivity index (χ3n) is 6.01. The highest BCUT2D eigenvalue weighted by atomic mass is 32.2. The van der Waals surface area contributed by atoms with Crippen molar-refractivity contribution in [1.82, 2.24) is 30.4 Å². The molecule has 0 bridgehead atoms. The fourth-order valence-electron chi connectivity index (χ4n) is 4.08. The molecule has 174 valence electrons. The normalized spacial score (nSPS) is 16.1. The van der Waals surface area contributed by atoms with E-state index in [4.69, 9.17) is 0 Å². The second-order valence-corrected chi connectivity index (χ2v) is 9.24. The SMILES string of the molecule is CSc1ccc(CNC(=O)[C@H]2CN(c3ncnc4nn(-c5ccc(C)cc5)cc34)CCN2)cc1. The molecule has 9 heteroatoms. The summed E-state index contributed by atoms with van der Waals surface area (Å²) in [5, 5.41) is 11.9. The van der Waals surface area contributed by atoms with Crippen LogP contribution in [0.2, 0.25) is 0 Å². The maximum absolute atomic E-state index is 12.9. The first kappa shape index (κ1) is 22.4. The van der Waals surface area contributed by atoms with E-state index in [2.05, 4.69) is 80.2 Å². The summed E-state index contributed by atoms with van der Waals surface area (Å²) in [6, 6.07) is 16.1. The summed E-state index contributed by atoms with van der Waals surface area (Å²) in [6.45, 7) is 4.54. The predicted octanol–water partition coefficient (Wildman–Crippen LogP) is 2.94. The van der Waals surface area contributed by atoms with Gasteiger partial charge in [-0.2, -0.15) is 0 Å². The number of piperazine rings is 1. The lowest BCUT2D eigenvalue weighted by atomic mass is 10.1. The minimum absolute atomic E-state index is 0.0145. The van der Waals surface area contributed by atoms with Crippen LogP contribution in [0.4, 0.5) is 5.82 Å². The number of nitrogens with zero attached hydrogens (tertiary/aromatic N) is 5. The van der Waals surface area contributed by atoms with Gasteiger partial charge in [-0.05, 0) is 43.0 Å². The Balaban J connectivity index is 1.30. The van der Waals surface area contributed by atoms with E-state index >= 15 is 0 Å². The lowest BCUT2D eigenvalue weighted by Crippen LogP contribution is -2.57. The van der Waals surface area contributed by atoms with Crippen LogP contribution in [0, 0.1) is 6.92 Å². The maximum atomic E-state index is 12.9. The Kier molecular flexibility index (Phi) is 6.46. The number of aryl methyl sites for hydroxylation is 1. The molecule has 34 heavy (non-hydrogen) atoms. The van der Waals surface area contributed by atoms with E-state index in [1.165, 1.54) is 10.5 Å². The number of nitrogens with one attached hydrogen (secondary N) is 2. The van der Waals surface area contributed by atoms with E-state index in [0.717, 1.165) is 29.0 Å². The van der Waals surface area contributed by atoms with Gasteiger partial charge in [-0.3, -0.25) is 4.79 Å². The molecule has 1 aliphatic heterocycles. The average molecular weight is 474 g/mol. The Morgan fingerprint density at radius 1 is 1.15 bits per heavy atom. The zero-order chi connectivity index (χ0) is 23.5. The molecule has 3 heterocycles. The molecule has 1 aliphatic rings. The molecule has 8 nitrogen and oxygen atoms in total. The van der Waals surface area contributed by atoms with E-state index in [1.807, 2.05) is 23.0 Å². The maximum Gasteiger partial charge on any atom is 0.239 e. The smallest absolute Gasteiger partial charge is 0.239 e. The molecule has 0 aliphatic carbocycles. The van der Waals surface area contributed by atoms with Crippen molar-refractivity contribution in [3.05, 3.63) is 72.2 Å². The molecule has 0 unspecified atom stereocenters. The minimum Gasteiger partial charge on any atom is -0.353 e. The van der Waals surface area contributed by atoms with E-state index in [9.17, 15) is 4.79 Å². The first-order chi connectivity index (χ1) is 16.6. The van der Waals surface area contributed by atoms with Gasteiger partial charge < -0.3 is 15.5 Å². The number of fused-ring (bicyclic) bond motifs is 1. The fourth-order valence-corrected chi connectivity index (χ4v) is 4.49. The van der Waals surface area contributed by atoms with Crippen molar-refractivity contribution in [3.63, 3.8) is 0 Å². The van der Waals surface area contributed by atoms with Crippen LogP contribution in [0.15, 0.2) is 66.0 Å². The highest BCUT2D eigenvalue weighted by Gasteiger charge is 2.27. The van der Waals surface area contributed by atoms with Crippen molar-refractivity contribution in [2.45, 2.75) is 24.4 Å². The van der Waals surface area contributed by atoms with Gasteiger partial charge in [0.05, 0.1) is 11.1 Å². The molecule has 5 rings (SSSR count). The van der Waals surface area contributed by atoms with Crippen LogP contribution in [0.5, 0.6) is 0 Å². The molecule has 2 N–H and O–H groups in total.